The van der Waals surface area contributed by atoms with E-state index in [9.17, 15) is 9.90 Å². The van der Waals surface area contributed by atoms with Gasteiger partial charge in [0.05, 0.1) is 6.61 Å². The molecule has 3 heteroatoms. The molecule has 1 heterocycles. The van der Waals surface area contributed by atoms with Crippen LogP contribution < -0.4 is 0 Å². The van der Waals surface area contributed by atoms with Crippen LogP contribution >= 0.6 is 0 Å². The Morgan fingerprint density at radius 2 is 2.30 bits per heavy atom. The minimum atomic E-state index is -1.15. The van der Waals surface area contributed by atoms with E-state index in [-0.39, 0.29) is 11.3 Å². The molecule has 0 spiro atoms. The minimum Gasteiger partial charge on any atom is -0.463 e. The molecule has 0 aromatic rings. The summed E-state index contributed by atoms with van der Waals surface area (Å²) in [4.78, 5) is 10.9. The third kappa shape index (κ3) is 0.355. The molecule has 1 N–H and O–H groups in total. The van der Waals surface area contributed by atoms with Gasteiger partial charge in [-0.1, -0.05) is 13.8 Å². The quantitative estimate of drug-likeness (QED) is 0.481. The number of esters is 1. The van der Waals surface area contributed by atoms with E-state index in [1.54, 1.807) is 0 Å². The number of aliphatic hydroxyl groups is 1. The maximum absolute atomic E-state index is 10.9. The lowest BCUT2D eigenvalue weighted by molar-refractivity contribution is -0.152. The van der Waals surface area contributed by atoms with Crippen molar-refractivity contribution < 1.29 is 14.6 Å². The molecule has 56 valence electrons. The summed E-state index contributed by atoms with van der Waals surface area (Å²) >= 11 is 0. The van der Waals surface area contributed by atoms with Crippen LogP contribution in [0.25, 0.3) is 0 Å². The highest BCUT2D eigenvalue weighted by Crippen LogP contribution is 2.65. The smallest absolute Gasteiger partial charge is 0.339 e. The van der Waals surface area contributed by atoms with E-state index in [4.69, 9.17) is 0 Å². The first-order valence-electron chi connectivity index (χ1n) is 3.41. The number of rotatable bonds is 0. The lowest BCUT2D eigenvalue weighted by Gasteiger charge is -2.10. The van der Waals surface area contributed by atoms with Crippen molar-refractivity contribution in [2.45, 2.75) is 19.4 Å². The van der Waals surface area contributed by atoms with Crippen LogP contribution in [0, 0.1) is 11.3 Å². The van der Waals surface area contributed by atoms with Gasteiger partial charge in [-0.25, -0.2) is 4.79 Å². The van der Waals surface area contributed by atoms with Crippen LogP contribution in [-0.4, -0.2) is 23.3 Å². The van der Waals surface area contributed by atoms with Crippen molar-refractivity contribution in [3.63, 3.8) is 0 Å². The topological polar surface area (TPSA) is 46.5 Å². The second-order valence-corrected chi connectivity index (χ2v) is 3.64. The van der Waals surface area contributed by atoms with Gasteiger partial charge >= 0.3 is 5.97 Å². The van der Waals surface area contributed by atoms with Gasteiger partial charge in [0.25, 0.3) is 0 Å². The van der Waals surface area contributed by atoms with Crippen LogP contribution in [0.3, 0.4) is 0 Å². The highest BCUT2D eigenvalue weighted by molar-refractivity contribution is 5.88. The summed E-state index contributed by atoms with van der Waals surface area (Å²) in [6.07, 6.45) is 0. The first-order chi connectivity index (χ1) is 4.51. The Kier molecular flexibility index (Phi) is 0.759. The van der Waals surface area contributed by atoms with Gasteiger partial charge in [-0.3, -0.25) is 0 Å². The zero-order valence-electron chi connectivity index (χ0n) is 6.05. The fourth-order valence-electron chi connectivity index (χ4n) is 1.85. The third-order valence-corrected chi connectivity index (χ3v) is 2.97. The summed E-state index contributed by atoms with van der Waals surface area (Å²) in [6.45, 7) is 4.17. The van der Waals surface area contributed by atoms with Gasteiger partial charge in [-0.2, -0.15) is 0 Å². The second kappa shape index (κ2) is 1.23. The molecule has 10 heavy (non-hydrogen) atoms. The van der Waals surface area contributed by atoms with E-state index in [1.165, 1.54) is 0 Å². The van der Waals surface area contributed by atoms with Gasteiger partial charge in [0.2, 0.25) is 0 Å². The molecule has 1 saturated carbocycles. The molecule has 0 aromatic heterocycles. The number of carbonyl (C=O) groups is 1. The SMILES string of the molecule is CC1(C)C2COC(=O)C21O. The lowest BCUT2D eigenvalue weighted by atomic mass is 10.1. The molecule has 2 atom stereocenters. The highest BCUT2D eigenvalue weighted by Gasteiger charge is 2.79. The van der Waals surface area contributed by atoms with E-state index >= 15 is 0 Å². The van der Waals surface area contributed by atoms with Crippen LogP contribution in [0.5, 0.6) is 0 Å². The van der Waals surface area contributed by atoms with Crippen LogP contribution in [0.1, 0.15) is 13.8 Å². The molecule has 2 fully saturated rings. The Hall–Kier alpha value is -0.570. The Morgan fingerprint density at radius 1 is 1.70 bits per heavy atom. The normalized spacial score (nSPS) is 48.3. The van der Waals surface area contributed by atoms with Gasteiger partial charge < -0.3 is 9.84 Å². The number of hydrogen-bond donors (Lipinski definition) is 1. The number of cyclic esters (lactones) is 1. The molecule has 1 saturated heterocycles. The zero-order valence-corrected chi connectivity index (χ0v) is 6.05. The first-order valence-corrected chi connectivity index (χ1v) is 3.41. The molecule has 2 unspecified atom stereocenters. The van der Waals surface area contributed by atoms with Crippen LogP contribution in [0.4, 0.5) is 0 Å². The predicted octanol–water partition coefficient (Wildman–Crippen LogP) is -0.0697. The fourth-order valence-corrected chi connectivity index (χ4v) is 1.85. The molecule has 0 bridgehead atoms. The van der Waals surface area contributed by atoms with Crippen molar-refractivity contribution in [2.24, 2.45) is 11.3 Å². The second-order valence-electron chi connectivity index (χ2n) is 3.64. The van der Waals surface area contributed by atoms with Crippen LogP contribution in [0.2, 0.25) is 0 Å². The van der Waals surface area contributed by atoms with E-state index in [2.05, 4.69) is 4.74 Å². The maximum atomic E-state index is 10.9. The molecular formula is C7H10O3. The fraction of sp³-hybridized carbons (Fsp3) is 0.857. The molecule has 2 aliphatic rings. The number of fused-ring (bicyclic) bond motifs is 1. The summed E-state index contributed by atoms with van der Waals surface area (Å²) in [6, 6.07) is 0. The van der Waals surface area contributed by atoms with E-state index < -0.39 is 11.6 Å². The van der Waals surface area contributed by atoms with Crippen molar-refractivity contribution in [2.75, 3.05) is 6.61 Å². The molecule has 0 aromatic carbocycles. The summed E-state index contributed by atoms with van der Waals surface area (Å²) in [7, 11) is 0. The van der Waals surface area contributed by atoms with E-state index in [0.29, 0.717) is 6.61 Å². The molecule has 1 aliphatic heterocycles. The molecule has 0 amide bonds. The van der Waals surface area contributed by atoms with Gasteiger partial charge in [-0.05, 0) is 0 Å². The van der Waals surface area contributed by atoms with Crippen LogP contribution in [-0.2, 0) is 9.53 Å². The largest absolute Gasteiger partial charge is 0.463 e. The Balaban J connectivity index is 2.37. The van der Waals surface area contributed by atoms with Crippen molar-refractivity contribution in [1.82, 2.24) is 0 Å². The van der Waals surface area contributed by atoms with Gasteiger partial charge in [-0.15, -0.1) is 0 Å². The van der Waals surface area contributed by atoms with Crippen molar-refractivity contribution in [1.29, 1.82) is 0 Å². The van der Waals surface area contributed by atoms with Crippen LogP contribution in [0.15, 0.2) is 0 Å². The summed E-state index contributed by atoms with van der Waals surface area (Å²) in [5.41, 5.74) is -1.39. The Morgan fingerprint density at radius 3 is 2.50 bits per heavy atom. The molecule has 2 rings (SSSR count). The number of ether oxygens (including phenoxy) is 1. The average molecular weight is 142 g/mol. The van der Waals surface area contributed by atoms with Crippen molar-refractivity contribution >= 4 is 5.97 Å². The summed E-state index contributed by atoms with van der Waals surface area (Å²) in [5.74, 6) is -0.407. The third-order valence-electron chi connectivity index (χ3n) is 2.97. The Bertz CT molecular complexity index is 209. The van der Waals surface area contributed by atoms with E-state index in [0.717, 1.165) is 0 Å². The molecule has 0 radical (unpaired) electrons. The monoisotopic (exact) mass is 142 g/mol. The standard InChI is InChI=1S/C7H10O3/c1-6(2)4-3-10-5(8)7(4,6)9/h4,9H,3H2,1-2H3. The Labute approximate surface area is 59.0 Å². The molecule has 3 nitrogen and oxygen atoms in total. The summed E-state index contributed by atoms with van der Waals surface area (Å²) in [5, 5.41) is 9.59. The van der Waals surface area contributed by atoms with Gasteiger partial charge in [0.1, 0.15) is 0 Å². The molecule has 1 aliphatic carbocycles. The maximum Gasteiger partial charge on any atom is 0.339 e. The lowest BCUT2D eigenvalue weighted by Crippen LogP contribution is -2.27. The summed E-state index contributed by atoms with van der Waals surface area (Å²) < 4.78 is 4.66. The van der Waals surface area contributed by atoms with E-state index in [1.807, 2.05) is 13.8 Å². The predicted molar refractivity (Wildman–Crippen MR) is 33.2 cm³/mol. The molecular weight excluding hydrogens is 132 g/mol. The highest BCUT2D eigenvalue weighted by atomic mass is 16.6. The van der Waals surface area contributed by atoms with Crippen molar-refractivity contribution in [3.05, 3.63) is 0 Å². The average Bonchev–Trinajstić information content (AvgIpc) is 2.19. The zero-order chi connectivity index (χ0) is 7.57. The minimum absolute atomic E-state index is 0.0347. The number of carbonyl (C=O) groups excluding carboxylic acids is 1. The van der Waals surface area contributed by atoms with Gasteiger partial charge in [0, 0.05) is 11.3 Å². The number of hydrogen-bond acceptors (Lipinski definition) is 3. The van der Waals surface area contributed by atoms with Gasteiger partial charge in [0.15, 0.2) is 5.60 Å². The van der Waals surface area contributed by atoms with Crippen molar-refractivity contribution in [3.8, 4) is 0 Å². The first kappa shape index (κ1) is 6.16.